The third-order valence-corrected chi connectivity index (χ3v) is 2.25. The van der Waals surface area contributed by atoms with E-state index in [9.17, 15) is 9.59 Å². The van der Waals surface area contributed by atoms with Gasteiger partial charge in [-0.15, -0.1) is 0 Å². The fourth-order valence-electron chi connectivity index (χ4n) is 1.44. The molecule has 2 rings (SSSR count). The van der Waals surface area contributed by atoms with Gasteiger partial charge >= 0.3 is 5.97 Å². The van der Waals surface area contributed by atoms with Gasteiger partial charge in [-0.05, 0) is 30.3 Å². The van der Waals surface area contributed by atoms with E-state index in [1.54, 1.807) is 12.1 Å². The average molecular weight is 231 g/mol. The number of carbonyl (C=O) groups is 2. The van der Waals surface area contributed by atoms with Crippen LogP contribution in [0.4, 0.5) is 0 Å². The summed E-state index contributed by atoms with van der Waals surface area (Å²) in [7, 11) is 0. The van der Waals surface area contributed by atoms with Crippen LogP contribution in [0.2, 0.25) is 0 Å². The number of carboxylic acid groups (broad SMARTS) is 1. The molecule has 0 aliphatic rings. The first kappa shape index (κ1) is 10.9. The molecule has 2 aromatic rings. The van der Waals surface area contributed by atoms with Gasteiger partial charge in [-0.3, -0.25) is 4.79 Å². The molecule has 0 aliphatic heterocycles. The molecule has 0 aliphatic carbocycles. The van der Waals surface area contributed by atoms with Crippen LogP contribution in [0.5, 0.6) is 0 Å². The molecule has 0 saturated carbocycles. The van der Waals surface area contributed by atoms with Crippen molar-refractivity contribution < 1.29 is 14.7 Å². The van der Waals surface area contributed by atoms with Crippen molar-refractivity contribution in [2.24, 2.45) is 5.73 Å². The summed E-state index contributed by atoms with van der Waals surface area (Å²) >= 11 is 0. The quantitative estimate of drug-likeness (QED) is 0.810. The number of nitrogens with zero attached hydrogens (tertiary/aromatic N) is 2. The fraction of sp³-hybridized carbons (Fsp3) is 0. The smallest absolute Gasteiger partial charge is 0.335 e. The van der Waals surface area contributed by atoms with E-state index in [1.807, 2.05) is 0 Å². The largest absolute Gasteiger partial charge is 0.478 e. The highest BCUT2D eigenvalue weighted by Crippen LogP contribution is 2.11. The molecule has 0 fully saturated rings. The van der Waals surface area contributed by atoms with Gasteiger partial charge in [0.15, 0.2) is 0 Å². The molecule has 0 atom stereocenters. The first-order valence-electron chi connectivity index (χ1n) is 4.77. The van der Waals surface area contributed by atoms with Gasteiger partial charge in [-0.2, -0.15) is 5.10 Å². The van der Waals surface area contributed by atoms with Crippen LogP contribution in [0.3, 0.4) is 0 Å². The number of hydrogen-bond acceptors (Lipinski definition) is 3. The van der Waals surface area contributed by atoms with Crippen molar-refractivity contribution in [2.75, 3.05) is 0 Å². The molecule has 0 saturated heterocycles. The van der Waals surface area contributed by atoms with E-state index in [1.165, 1.54) is 29.1 Å². The Morgan fingerprint density at radius 2 is 1.82 bits per heavy atom. The second kappa shape index (κ2) is 4.09. The van der Waals surface area contributed by atoms with Gasteiger partial charge < -0.3 is 10.8 Å². The van der Waals surface area contributed by atoms with Crippen LogP contribution in [0.1, 0.15) is 20.8 Å². The Morgan fingerprint density at radius 3 is 2.35 bits per heavy atom. The highest BCUT2D eigenvalue weighted by atomic mass is 16.4. The summed E-state index contributed by atoms with van der Waals surface area (Å²) in [6, 6.07) is 7.48. The minimum Gasteiger partial charge on any atom is -0.478 e. The zero-order valence-electron chi connectivity index (χ0n) is 8.70. The maximum Gasteiger partial charge on any atom is 0.335 e. The van der Waals surface area contributed by atoms with Crippen molar-refractivity contribution >= 4 is 11.9 Å². The second-order valence-electron chi connectivity index (χ2n) is 3.34. The van der Waals surface area contributed by atoms with Crippen molar-refractivity contribution in [3.8, 4) is 5.69 Å². The molecule has 6 heteroatoms. The van der Waals surface area contributed by atoms with Crippen LogP contribution in [0.15, 0.2) is 36.5 Å². The molecule has 1 heterocycles. The Labute approximate surface area is 96.3 Å². The zero-order valence-corrected chi connectivity index (χ0v) is 8.70. The number of rotatable bonds is 3. The Balaban J connectivity index is 2.43. The number of carboxylic acids is 1. The number of aromatic carboxylic acids is 1. The normalized spacial score (nSPS) is 10.1. The van der Waals surface area contributed by atoms with Crippen molar-refractivity contribution in [1.29, 1.82) is 0 Å². The van der Waals surface area contributed by atoms with Gasteiger partial charge in [-0.25, -0.2) is 9.48 Å². The van der Waals surface area contributed by atoms with Gasteiger partial charge in [0.05, 0.1) is 17.4 Å². The maximum absolute atomic E-state index is 11.1. The van der Waals surface area contributed by atoms with Crippen LogP contribution >= 0.6 is 0 Å². The van der Waals surface area contributed by atoms with Crippen LogP contribution in [-0.4, -0.2) is 26.8 Å². The lowest BCUT2D eigenvalue weighted by molar-refractivity contribution is 0.0696. The number of primary amides is 1. The molecular formula is C11H9N3O3. The number of nitrogens with two attached hydrogens (primary N) is 1. The highest BCUT2D eigenvalue weighted by Gasteiger charge is 2.10. The molecule has 6 nitrogen and oxygen atoms in total. The summed E-state index contributed by atoms with van der Waals surface area (Å²) in [6.07, 6.45) is 1.45. The van der Waals surface area contributed by atoms with Gasteiger partial charge in [0.25, 0.3) is 5.91 Å². The summed E-state index contributed by atoms with van der Waals surface area (Å²) in [4.78, 5) is 21.8. The first-order valence-corrected chi connectivity index (χ1v) is 4.77. The summed E-state index contributed by atoms with van der Waals surface area (Å²) < 4.78 is 1.36. The second-order valence-corrected chi connectivity index (χ2v) is 3.34. The monoisotopic (exact) mass is 231 g/mol. The molecule has 1 aromatic heterocycles. The van der Waals surface area contributed by atoms with E-state index >= 15 is 0 Å². The molecule has 0 spiro atoms. The van der Waals surface area contributed by atoms with E-state index in [4.69, 9.17) is 10.8 Å². The van der Waals surface area contributed by atoms with E-state index in [2.05, 4.69) is 5.10 Å². The van der Waals surface area contributed by atoms with Crippen LogP contribution in [-0.2, 0) is 0 Å². The third-order valence-electron chi connectivity index (χ3n) is 2.25. The SMILES string of the molecule is NC(=O)c1ccnn1-c1ccc(C(=O)O)cc1. The maximum atomic E-state index is 11.1. The Bertz CT molecular complexity index is 572. The van der Waals surface area contributed by atoms with Crippen molar-refractivity contribution in [2.45, 2.75) is 0 Å². The molecule has 86 valence electrons. The van der Waals surface area contributed by atoms with E-state index < -0.39 is 11.9 Å². The Morgan fingerprint density at radius 1 is 1.18 bits per heavy atom. The molecule has 0 radical (unpaired) electrons. The van der Waals surface area contributed by atoms with Crippen LogP contribution in [0.25, 0.3) is 5.69 Å². The number of carbonyl (C=O) groups excluding carboxylic acids is 1. The van der Waals surface area contributed by atoms with Gasteiger partial charge in [-0.1, -0.05) is 0 Å². The summed E-state index contributed by atoms with van der Waals surface area (Å²) in [6.45, 7) is 0. The predicted octanol–water partition coefficient (Wildman–Crippen LogP) is 0.669. The van der Waals surface area contributed by atoms with E-state index in [-0.39, 0.29) is 11.3 Å². The van der Waals surface area contributed by atoms with Gasteiger partial charge in [0.1, 0.15) is 5.69 Å². The van der Waals surface area contributed by atoms with Gasteiger partial charge in [0.2, 0.25) is 0 Å². The molecule has 0 unspecified atom stereocenters. The summed E-state index contributed by atoms with van der Waals surface area (Å²) in [5, 5.41) is 12.7. The fourth-order valence-corrected chi connectivity index (χ4v) is 1.44. The number of amides is 1. The average Bonchev–Trinajstić information content (AvgIpc) is 2.78. The lowest BCUT2D eigenvalue weighted by Gasteiger charge is -2.04. The molecular weight excluding hydrogens is 222 g/mol. The topological polar surface area (TPSA) is 98.2 Å². The predicted molar refractivity (Wildman–Crippen MR) is 59.0 cm³/mol. The zero-order chi connectivity index (χ0) is 12.4. The highest BCUT2D eigenvalue weighted by molar-refractivity contribution is 5.91. The summed E-state index contributed by atoms with van der Waals surface area (Å²) in [5.41, 5.74) is 6.17. The number of hydrogen-bond donors (Lipinski definition) is 2. The standard InChI is InChI=1S/C11H9N3O3/c12-10(15)9-5-6-13-14(9)8-3-1-7(2-4-8)11(16)17/h1-6H,(H2,12,15)(H,16,17). The molecule has 17 heavy (non-hydrogen) atoms. The summed E-state index contributed by atoms with van der Waals surface area (Å²) in [5.74, 6) is -1.60. The lowest BCUT2D eigenvalue weighted by atomic mass is 10.2. The molecule has 0 bridgehead atoms. The minimum absolute atomic E-state index is 0.168. The Kier molecular flexibility index (Phi) is 2.61. The molecule has 1 aromatic carbocycles. The minimum atomic E-state index is -1.01. The third kappa shape index (κ3) is 2.00. The Hall–Kier alpha value is -2.63. The van der Waals surface area contributed by atoms with Gasteiger partial charge in [0, 0.05) is 0 Å². The first-order chi connectivity index (χ1) is 8.09. The van der Waals surface area contributed by atoms with Crippen molar-refractivity contribution in [3.63, 3.8) is 0 Å². The van der Waals surface area contributed by atoms with E-state index in [0.29, 0.717) is 5.69 Å². The number of aromatic nitrogens is 2. The lowest BCUT2D eigenvalue weighted by Crippen LogP contribution is -2.16. The van der Waals surface area contributed by atoms with Crippen molar-refractivity contribution in [3.05, 3.63) is 47.8 Å². The molecule has 3 N–H and O–H groups in total. The van der Waals surface area contributed by atoms with Crippen LogP contribution in [0, 0.1) is 0 Å². The number of benzene rings is 1. The van der Waals surface area contributed by atoms with Crippen LogP contribution < -0.4 is 5.73 Å². The molecule has 1 amide bonds. The van der Waals surface area contributed by atoms with E-state index in [0.717, 1.165) is 0 Å². The van der Waals surface area contributed by atoms with Crippen molar-refractivity contribution in [1.82, 2.24) is 9.78 Å².